The van der Waals surface area contributed by atoms with Crippen LogP contribution >= 0.6 is 11.6 Å². The quantitative estimate of drug-likeness (QED) is 0.527. The molecule has 8 nitrogen and oxygen atoms in total. The second-order valence-electron chi connectivity index (χ2n) is 5.69. The highest BCUT2D eigenvalue weighted by atomic mass is 35.5. The molecule has 0 amide bonds. The predicted molar refractivity (Wildman–Crippen MR) is 98.8 cm³/mol. The molecule has 0 spiro atoms. The smallest absolute Gasteiger partial charge is 0.162 e. The predicted octanol–water partition coefficient (Wildman–Crippen LogP) is 2.60. The molecule has 0 aliphatic rings. The summed E-state index contributed by atoms with van der Waals surface area (Å²) in [6.45, 7) is 4.30. The SMILES string of the molecule is C/C(=N\OCc1cn(Cc2cnc(C)nc2N)nn1)c1ccc(Cl)cc1. The van der Waals surface area contributed by atoms with Crippen LogP contribution in [0, 0.1) is 6.92 Å². The summed E-state index contributed by atoms with van der Waals surface area (Å²) in [7, 11) is 0. The van der Waals surface area contributed by atoms with Gasteiger partial charge in [-0.05, 0) is 31.5 Å². The van der Waals surface area contributed by atoms with Crippen LogP contribution in [-0.2, 0) is 18.0 Å². The van der Waals surface area contributed by atoms with E-state index in [4.69, 9.17) is 22.2 Å². The summed E-state index contributed by atoms with van der Waals surface area (Å²) in [5.41, 5.74) is 9.02. The molecule has 0 fully saturated rings. The van der Waals surface area contributed by atoms with Crippen molar-refractivity contribution >= 4 is 23.1 Å². The number of nitrogen functional groups attached to an aromatic ring is 1. The number of aryl methyl sites for hydroxylation is 1. The minimum Gasteiger partial charge on any atom is -0.389 e. The third-order valence-corrected chi connectivity index (χ3v) is 3.86. The van der Waals surface area contributed by atoms with E-state index >= 15 is 0 Å². The first-order valence-corrected chi connectivity index (χ1v) is 8.28. The summed E-state index contributed by atoms with van der Waals surface area (Å²) in [6, 6.07) is 7.38. The maximum Gasteiger partial charge on any atom is 0.162 e. The second kappa shape index (κ2) is 7.92. The fourth-order valence-corrected chi connectivity index (χ4v) is 2.36. The van der Waals surface area contributed by atoms with Gasteiger partial charge in [-0.2, -0.15) is 0 Å². The van der Waals surface area contributed by atoms with Gasteiger partial charge in [-0.1, -0.05) is 34.1 Å². The number of hydrogen-bond donors (Lipinski definition) is 1. The molecule has 0 saturated heterocycles. The van der Waals surface area contributed by atoms with Crippen molar-refractivity contribution in [1.29, 1.82) is 0 Å². The molecule has 2 N–H and O–H groups in total. The monoisotopic (exact) mass is 371 g/mol. The lowest BCUT2D eigenvalue weighted by molar-refractivity contribution is 0.127. The van der Waals surface area contributed by atoms with Crippen LogP contribution in [0.15, 0.2) is 41.8 Å². The van der Waals surface area contributed by atoms with E-state index in [9.17, 15) is 0 Å². The molecule has 134 valence electrons. The number of benzene rings is 1. The fraction of sp³-hybridized carbons (Fsp3) is 0.235. The van der Waals surface area contributed by atoms with Crippen molar-refractivity contribution in [2.75, 3.05) is 5.73 Å². The molecule has 0 radical (unpaired) electrons. The molecule has 2 aromatic heterocycles. The summed E-state index contributed by atoms with van der Waals surface area (Å²) < 4.78 is 1.65. The Morgan fingerprint density at radius 2 is 2.08 bits per heavy atom. The highest BCUT2D eigenvalue weighted by molar-refractivity contribution is 6.30. The Balaban J connectivity index is 1.58. The van der Waals surface area contributed by atoms with Gasteiger partial charge in [-0.3, -0.25) is 0 Å². The van der Waals surface area contributed by atoms with Crippen molar-refractivity contribution in [3.8, 4) is 0 Å². The van der Waals surface area contributed by atoms with Crippen molar-refractivity contribution in [2.45, 2.75) is 27.0 Å². The Morgan fingerprint density at radius 1 is 1.31 bits per heavy atom. The molecular weight excluding hydrogens is 354 g/mol. The van der Waals surface area contributed by atoms with E-state index in [-0.39, 0.29) is 6.61 Å². The first-order valence-electron chi connectivity index (χ1n) is 7.91. The van der Waals surface area contributed by atoms with Gasteiger partial charge in [0, 0.05) is 16.8 Å². The van der Waals surface area contributed by atoms with Crippen molar-refractivity contribution in [2.24, 2.45) is 5.16 Å². The van der Waals surface area contributed by atoms with Crippen molar-refractivity contribution in [3.05, 3.63) is 64.3 Å². The van der Waals surface area contributed by atoms with Gasteiger partial charge in [0.1, 0.15) is 17.3 Å². The molecule has 9 heteroatoms. The third kappa shape index (κ3) is 4.54. The van der Waals surface area contributed by atoms with Crippen LogP contribution in [0.4, 0.5) is 5.82 Å². The molecule has 0 unspecified atom stereocenters. The van der Waals surface area contributed by atoms with E-state index in [0.29, 0.717) is 28.9 Å². The maximum atomic E-state index is 5.89. The Kier molecular flexibility index (Phi) is 5.43. The number of nitrogens with two attached hydrogens (primary N) is 1. The Hall–Kier alpha value is -3.00. The van der Waals surface area contributed by atoms with Gasteiger partial charge >= 0.3 is 0 Å². The largest absolute Gasteiger partial charge is 0.389 e. The topological polar surface area (TPSA) is 104 Å². The first kappa shape index (κ1) is 17.8. The molecule has 3 rings (SSSR count). The number of oxime groups is 1. The van der Waals surface area contributed by atoms with Crippen LogP contribution < -0.4 is 5.73 Å². The Morgan fingerprint density at radius 3 is 2.81 bits per heavy atom. The molecule has 0 aliphatic heterocycles. The number of aromatic nitrogens is 5. The van der Waals surface area contributed by atoms with Crippen LogP contribution in [0.3, 0.4) is 0 Å². The van der Waals surface area contributed by atoms with Gasteiger partial charge in [0.25, 0.3) is 0 Å². The van der Waals surface area contributed by atoms with Gasteiger partial charge in [-0.15, -0.1) is 5.10 Å². The highest BCUT2D eigenvalue weighted by Crippen LogP contribution is 2.11. The van der Waals surface area contributed by atoms with Crippen LogP contribution in [-0.4, -0.2) is 30.7 Å². The molecule has 0 aliphatic carbocycles. The molecule has 2 heterocycles. The van der Waals surface area contributed by atoms with E-state index < -0.39 is 0 Å². The molecule has 1 aromatic carbocycles. The van der Waals surface area contributed by atoms with E-state index in [1.165, 1.54) is 0 Å². The van der Waals surface area contributed by atoms with E-state index in [1.807, 2.05) is 31.2 Å². The summed E-state index contributed by atoms with van der Waals surface area (Å²) in [6.07, 6.45) is 3.46. The summed E-state index contributed by atoms with van der Waals surface area (Å²) in [5, 5.41) is 12.9. The molecule has 0 atom stereocenters. The molecule has 0 saturated carbocycles. The zero-order valence-electron chi connectivity index (χ0n) is 14.4. The van der Waals surface area contributed by atoms with E-state index in [0.717, 1.165) is 16.8 Å². The lowest BCUT2D eigenvalue weighted by Gasteiger charge is -2.04. The number of hydrogen-bond acceptors (Lipinski definition) is 7. The van der Waals surface area contributed by atoms with Crippen molar-refractivity contribution < 1.29 is 4.84 Å². The van der Waals surface area contributed by atoms with E-state index in [2.05, 4.69) is 25.4 Å². The number of anilines is 1. The maximum absolute atomic E-state index is 5.89. The van der Waals surface area contributed by atoms with Gasteiger partial charge in [-0.25, -0.2) is 14.6 Å². The molecular formula is C17H18ClN7O. The minimum absolute atomic E-state index is 0.213. The summed E-state index contributed by atoms with van der Waals surface area (Å²) in [4.78, 5) is 13.6. The van der Waals surface area contributed by atoms with Gasteiger partial charge in [0.05, 0.1) is 18.5 Å². The Labute approximate surface area is 155 Å². The zero-order valence-corrected chi connectivity index (χ0v) is 15.2. The standard InChI is InChI=1S/C17H18ClN7O/c1-11(13-3-5-15(18)6-4-13)23-26-10-16-9-25(24-22-16)8-14-7-20-12(2)21-17(14)19/h3-7,9H,8,10H2,1-2H3,(H2,19,20,21)/b23-11+. The molecule has 26 heavy (non-hydrogen) atoms. The van der Waals surface area contributed by atoms with Crippen LogP contribution in [0.2, 0.25) is 5.02 Å². The molecule has 3 aromatic rings. The zero-order chi connectivity index (χ0) is 18.5. The average Bonchev–Trinajstić information content (AvgIpc) is 3.05. The van der Waals surface area contributed by atoms with Crippen LogP contribution in [0.5, 0.6) is 0 Å². The first-order chi connectivity index (χ1) is 12.5. The molecule has 0 bridgehead atoms. The lowest BCUT2D eigenvalue weighted by atomic mass is 10.1. The lowest BCUT2D eigenvalue weighted by Crippen LogP contribution is -2.07. The summed E-state index contributed by atoms with van der Waals surface area (Å²) in [5.74, 6) is 1.07. The number of rotatable bonds is 6. The summed E-state index contributed by atoms with van der Waals surface area (Å²) >= 11 is 5.87. The van der Waals surface area contributed by atoms with Crippen LogP contribution in [0.1, 0.15) is 29.6 Å². The number of nitrogens with zero attached hydrogens (tertiary/aromatic N) is 6. The van der Waals surface area contributed by atoms with Gasteiger partial charge < -0.3 is 10.6 Å². The third-order valence-electron chi connectivity index (χ3n) is 3.61. The van der Waals surface area contributed by atoms with Crippen LogP contribution in [0.25, 0.3) is 0 Å². The second-order valence-corrected chi connectivity index (χ2v) is 6.13. The fourth-order valence-electron chi connectivity index (χ4n) is 2.23. The van der Waals surface area contributed by atoms with Gasteiger partial charge in [0.2, 0.25) is 0 Å². The number of halogens is 1. The van der Waals surface area contributed by atoms with E-state index in [1.54, 1.807) is 24.0 Å². The normalized spacial score (nSPS) is 11.6. The minimum atomic E-state index is 0.213. The van der Waals surface area contributed by atoms with Crippen molar-refractivity contribution in [3.63, 3.8) is 0 Å². The average molecular weight is 372 g/mol. The highest BCUT2D eigenvalue weighted by Gasteiger charge is 2.07. The Bertz CT molecular complexity index is 921. The van der Waals surface area contributed by atoms with Gasteiger partial charge in [0.15, 0.2) is 6.61 Å². The van der Waals surface area contributed by atoms with Crippen molar-refractivity contribution in [1.82, 2.24) is 25.0 Å².